The van der Waals surface area contributed by atoms with Gasteiger partial charge in [-0.2, -0.15) is 0 Å². The highest BCUT2D eigenvalue weighted by Gasteiger charge is 2.32. The van der Waals surface area contributed by atoms with Crippen molar-refractivity contribution in [3.8, 4) is 0 Å². The van der Waals surface area contributed by atoms with Crippen LogP contribution in [-0.4, -0.2) is 24.4 Å². The second-order valence-corrected chi connectivity index (χ2v) is 6.34. The fourth-order valence-electron chi connectivity index (χ4n) is 3.39. The van der Waals surface area contributed by atoms with Crippen LogP contribution >= 0.6 is 0 Å². The smallest absolute Gasteiger partial charge is 0.247 e. The average Bonchev–Trinajstić information content (AvgIpc) is 2.89. The van der Waals surface area contributed by atoms with E-state index in [4.69, 9.17) is 0 Å². The van der Waals surface area contributed by atoms with Crippen LogP contribution in [-0.2, 0) is 16.0 Å². The van der Waals surface area contributed by atoms with Crippen molar-refractivity contribution in [1.29, 1.82) is 0 Å². The number of benzene rings is 2. The largest absolute Gasteiger partial charge is 0.307 e. The molecule has 0 aliphatic carbocycles. The van der Waals surface area contributed by atoms with Crippen molar-refractivity contribution in [2.24, 2.45) is 0 Å². The van der Waals surface area contributed by atoms with Crippen LogP contribution < -0.4 is 9.80 Å². The summed E-state index contributed by atoms with van der Waals surface area (Å²) < 4.78 is 0. The van der Waals surface area contributed by atoms with Crippen LogP contribution in [0.5, 0.6) is 0 Å². The molecule has 1 aliphatic heterocycles. The van der Waals surface area contributed by atoms with Crippen LogP contribution in [0, 0.1) is 6.92 Å². The Hall–Kier alpha value is -2.62. The fraction of sp³-hybridized carbons (Fsp3) is 0.300. The lowest BCUT2D eigenvalue weighted by Gasteiger charge is -2.28. The lowest BCUT2D eigenvalue weighted by Crippen LogP contribution is -2.45. The molecule has 2 aromatic rings. The lowest BCUT2D eigenvalue weighted by molar-refractivity contribution is -0.121. The molecule has 0 bridgehead atoms. The summed E-state index contributed by atoms with van der Waals surface area (Å²) in [7, 11) is 0. The molecule has 4 nitrogen and oxygen atoms in total. The van der Waals surface area contributed by atoms with Gasteiger partial charge in [0.15, 0.2) is 0 Å². The predicted octanol–water partition coefficient (Wildman–Crippen LogP) is 3.33. The number of aryl methyl sites for hydroxylation is 1. The first kappa shape index (κ1) is 16.2. The van der Waals surface area contributed by atoms with Crippen LogP contribution in [0.15, 0.2) is 48.5 Å². The Kier molecular flexibility index (Phi) is 4.38. The molecule has 0 saturated carbocycles. The van der Waals surface area contributed by atoms with Gasteiger partial charge in [0.25, 0.3) is 0 Å². The van der Waals surface area contributed by atoms with Gasteiger partial charge in [-0.05, 0) is 43.5 Å². The van der Waals surface area contributed by atoms with E-state index in [1.54, 1.807) is 4.90 Å². The number of hydrogen-bond acceptors (Lipinski definition) is 2. The van der Waals surface area contributed by atoms with Gasteiger partial charge in [-0.25, -0.2) is 0 Å². The normalized spacial score (nSPS) is 16.0. The zero-order valence-corrected chi connectivity index (χ0v) is 14.3. The number of nitrogens with zero attached hydrogens (tertiary/aromatic N) is 2. The molecule has 3 rings (SSSR count). The Morgan fingerprint density at radius 2 is 1.79 bits per heavy atom. The summed E-state index contributed by atoms with van der Waals surface area (Å²) in [6, 6.07) is 15.7. The highest BCUT2D eigenvalue weighted by Crippen LogP contribution is 2.32. The molecule has 0 aromatic heterocycles. The van der Waals surface area contributed by atoms with Gasteiger partial charge in [0.2, 0.25) is 11.8 Å². The third-order valence-electron chi connectivity index (χ3n) is 4.56. The summed E-state index contributed by atoms with van der Waals surface area (Å²) in [4.78, 5) is 28.5. The van der Waals surface area contributed by atoms with E-state index >= 15 is 0 Å². The number of rotatable bonds is 3. The van der Waals surface area contributed by atoms with Gasteiger partial charge in [-0.15, -0.1) is 0 Å². The maximum absolute atomic E-state index is 12.9. The molecule has 1 atom stereocenters. The fourth-order valence-corrected chi connectivity index (χ4v) is 3.39. The molecule has 2 aromatic carbocycles. The predicted molar refractivity (Wildman–Crippen MR) is 96.3 cm³/mol. The summed E-state index contributed by atoms with van der Waals surface area (Å²) in [6.07, 6.45) is 0.854. The van der Waals surface area contributed by atoms with Crippen molar-refractivity contribution in [3.63, 3.8) is 0 Å². The Balaban J connectivity index is 1.88. The first-order chi connectivity index (χ1) is 11.5. The van der Waals surface area contributed by atoms with Gasteiger partial charge in [-0.3, -0.25) is 9.59 Å². The van der Waals surface area contributed by atoms with Gasteiger partial charge >= 0.3 is 0 Å². The molecule has 0 spiro atoms. The average molecular weight is 322 g/mol. The van der Waals surface area contributed by atoms with Gasteiger partial charge in [0.05, 0.1) is 0 Å². The van der Waals surface area contributed by atoms with Crippen molar-refractivity contribution in [3.05, 3.63) is 59.7 Å². The molecular formula is C20H22N2O2. The van der Waals surface area contributed by atoms with Crippen LogP contribution in [0.25, 0.3) is 0 Å². The summed E-state index contributed by atoms with van der Waals surface area (Å²) in [5.74, 6) is -0.177. The van der Waals surface area contributed by atoms with E-state index in [0.717, 1.165) is 23.4 Å². The van der Waals surface area contributed by atoms with Gasteiger partial charge in [0.1, 0.15) is 6.54 Å². The number of carbonyl (C=O) groups is 2. The number of para-hydroxylation sites is 2. The molecule has 0 saturated heterocycles. The third-order valence-corrected chi connectivity index (χ3v) is 4.56. The van der Waals surface area contributed by atoms with Crippen LogP contribution in [0.3, 0.4) is 0 Å². The van der Waals surface area contributed by atoms with E-state index in [1.807, 2.05) is 61.2 Å². The second-order valence-electron chi connectivity index (χ2n) is 6.34. The maximum atomic E-state index is 12.9. The molecule has 1 unspecified atom stereocenters. The van der Waals surface area contributed by atoms with E-state index in [-0.39, 0.29) is 24.4 Å². The maximum Gasteiger partial charge on any atom is 0.247 e. The molecule has 0 fully saturated rings. The number of anilines is 2. The first-order valence-corrected chi connectivity index (χ1v) is 8.22. The minimum absolute atomic E-state index is 0.0501. The first-order valence-electron chi connectivity index (χ1n) is 8.22. The monoisotopic (exact) mass is 322 g/mol. The van der Waals surface area contributed by atoms with Crippen LogP contribution in [0.2, 0.25) is 0 Å². The summed E-state index contributed by atoms with van der Waals surface area (Å²) >= 11 is 0. The SMILES string of the molecule is CC(=O)N(CC(=O)N1c2ccccc2CC1C)c1ccccc1C. The van der Waals surface area contributed by atoms with E-state index in [1.165, 1.54) is 12.5 Å². The number of amides is 2. The second kappa shape index (κ2) is 6.48. The van der Waals surface area contributed by atoms with E-state index in [2.05, 4.69) is 6.07 Å². The van der Waals surface area contributed by atoms with Crippen molar-refractivity contribution >= 4 is 23.2 Å². The Morgan fingerprint density at radius 3 is 2.50 bits per heavy atom. The molecule has 0 radical (unpaired) electrons. The molecule has 124 valence electrons. The van der Waals surface area contributed by atoms with Crippen molar-refractivity contribution in [2.45, 2.75) is 33.2 Å². The Morgan fingerprint density at radius 1 is 1.12 bits per heavy atom. The Bertz CT molecular complexity index is 785. The molecule has 4 heteroatoms. The highest BCUT2D eigenvalue weighted by molar-refractivity contribution is 6.04. The van der Waals surface area contributed by atoms with Crippen molar-refractivity contribution in [1.82, 2.24) is 0 Å². The van der Waals surface area contributed by atoms with Gasteiger partial charge < -0.3 is 9.80 Å². The van der Waals surface area contributed by atoms with Crippen molar-refractivity contribution in [2.75, 3.05) is 16.3 Å². The summed E-state index contributed by atoms with van der Waals surface area (Å²) in [5, 5.41) is 0. The van der Waals surface area contributed by atoms with Crippen molar-refractivity contribution < 1.29 is 9.59 Å². The lowest BCUT2D eigenvalue weighted by atomic mass is 10.1. The van der Waals surface area contributed by atoms with Gasteiger partial charge in [0, 0.05) is 24.3 Å². The minimum Gasteiger partial charge on any atom is -0.307 e. The zero-order chi connectivity index (χ0) is 17.3. The molecule has 0 N–H and O–H groups in total. The molecular weight excluding hydrogens is 300 g/mol. The molecule has 1 heterocycles. The van der Waals surface area contributed by atoms with E-state index in [0.29, 0.717) is 0 Å². The van der Waals surface area contributed by atoms with E-state index in [9.17, 15) is 9.59 Å². The standard InChI is InChI=1S/C20H22N2O2/c1-14-8-4-6-10-18(14)21(16(3)23)13-20(24)22-15(2)12-17-9-5-7-11-19(17)22/h4-11,15H,12-13H2,1-3H3. The molecule has 2 amide bonds. The number of carbonyl (C=O) groups excluding carboxylic acids is 2. The topological polar surface area (TPSA) is 40.6 Å². The van der Waals surface area contributed by atoms with Gasteiger partial charge in [-0.1, -0.05) is 36.4 Å². The molecule has 24 heavy (non-hydrogen) atoms. The summed E-state index contributed by atoms with van der Waals surface area (Å²) in [5.41, 5.74) is 3.92. The third kappa shape index (κ3) is 2.92. The number of fused-ring (bicyclic) bond motifs is 1. The summed E-state index contributed by atoms with van der Waals surface area (Å²) in [6.45, 7) is 5.55. The van der Waals surface area contributed by atoms with E-state index < -0.39 is 0 Å². The van der Waals surface area contributed by atoms with Crippen LogP contribution in [0.1, 0.15) is 25.0 Å². The quantitative estimate of drug-likeness (QED) is 0.870. The number of hydrogen-bond donors (Lipinski definition) is 0. The minimum atomic E-state index is -0.127. The highest BCUT2D eigenvalue weighted by atomic mass is 16.2. The zero-order valence-electron chi connectivity index (χ0n) is 14.3. The Labute approximate surface area is 142 Å². The molecule has 1 aliphatic rings. The van der Waals surface area contributed by atoms with Crippen LogP contribution in [0.4, 0.5) is 11.4 Å².